The molecular weight excluding hydrogens is 369 g/mol. The average Bonchev–Trinajstić information content (AvgIpc) is 2.62. The summed E-state index contributed by atoms with van der Waals surface area (Å²) >= 11 is 1.04. The molecule has 0 aliphatic carbocycles. The van der Waals surface area contributed by atoms with Crippen LogP contribution in [0.25, 0.3) is 0 Å². The summed E-state index contributed by atoms with van der Waals surface area (Å²) in [5.74, 6) is -1.56. The Kier molecular flexibility index (Phi) is 6.91. The first-order valence-electron chi connectivity index (χ1n) is 8.13. The van der Waals surface area contributed by atoms with Gasteiger partial charge in [0.2, 0.25) is 5.91 Å². The van der Waals surface area contributed by atoms with Gasteiger partial charge in [0.25, 0.3) is 0 Å². The zero-order chi connectivity index (χ0) is 20.0. The van der Waals surface area contributed by atoms with Crippen LogP contribution in [-0.4, -0.2) is 29.2 Å². The summed E-state index contributed by atoms with van der Waals surface area (Å²) in [7, 11) is 0. The lowest BCUT2D eigenvalue weighted by Crippen LogP contribution is -2.15. The van der Waals surface area contributed by atoms with Gasteiger partial charge in [-0.1, -0.05) is 17.8 Å². The van der Waals surface area contributed by atoms with Crippen LogP contribution in [0.4, 0.5) is 10.1 Å². The normalized spacial score (nSPS) is 10.2. The SMILES string of the molecule is CCOC(=O)c1cc(C#N)c(SCC(=O)Nc2ccc(C)cc2F)nc1C. The number of nitrogens with one attached hydrogen (secondary N) is 1. The van der Waals surface area contributed by atoms with Crippen molar-refractivity contribution in [1.82, 2.24) is 4.98 Å². The predicted molar refractivity (Wildman–Crippen MR) is 100 cm³/mol. The molecule has 0 radical (unpaired) electrons. The first-order chi connectivity index (χ1) is 12.8. The number of aromatic nitrogens is 1. The van der Waals surface area contributed by atoms with Gasteiger partial charge in [0.1, 0.15) is 16.9 Å². The van der Waals surface area contributed by atoms with Crippen LogP contribution in [0, 0.1) is 31.0 Å². The van der Waals surface area contributed by atoms with Crippen LogP contribution in [0.2, 0.25) is 0 Å². The van der Waals surface area contributed by atoms with Crippen molar-refractivity contribution in [3.05, 3.63) is 52.5 Å². The third-order valence-electron chi connectivity index (χ3n) is 3.53. The summed E-state index contributed by atoms with van der Waals surface area (Å²) in [5, 5.41) is 12.1. The summed E-state index contributed by atoms with van der Waals surface area (Å²) in [6.07, 6.45) is 0. The third-order valence-corrected chi connectivity index (χ3v) is 4.52. The fourth-order valence-corrected chi connectivity index (χ4v) is 3.03. The Morgan fingerprint density at radius 2 is 2.07 bits per heavy atom. The van der Waals surface area contributed by atoms with E-state index in [0.29, 0.717) is 10.7 Å². The molecule has 1 amide bonds. The van der Waals surface area contributed by atoms with Crippen molar-refractivity contribution in [2.24, 2.45) is 0 Å². The standard InChI is InChI=1S/C19H18FN3O3S/c1-4-26-19(25)14-8-13(9-21)18(22-12(14)3)27-10-17(24)23-16-6-5-11(2)7-15(16)20/h5-8H,4,10H2,1-3H3,(H,23,24). The zero-order valence-electron chi connectivity index (χ0n) is 15.1. The molecule has 1 aromatic carbocycles. The summed E-state index contributed by atoms with van der Waals surface area (Å²) in [6, 6.07) is 7.88. The van der Waals surface area contributed by atoms with Crippen LogP contribution < -0.4 is 5.32 Å². The van der Waals surface area contributed by atoms with Crippen molar-refractivity contribution in [2.45, 2.75) is 25.8 Å². The minimum atomic E-state index is -0.553. The number of nitrogens with zero attached hydrogens (tertiary/aromatic N) is 2. The molecule has 0 saturated carbocycles. The van der Waals surface area contributed by atoms with Crippen molar-refractivity contribution >= 4 is 29.3 Å². The van der Waals surface area contributed by atoms with E-state index in [2.05, 4.69) is 10.3 Å². The number of esters is 1. The number of halogens is 1. The quantitative estimate of drug-likeness (QED) is 0.601. The summed E-state index contributed by atoms with van der Waals surface area (Å²) in [5.41, 5.74) is 1.63. The Morgan fingerprint density at radius 3 is 2.70 bits per heavy atom. The van der Waals surface area contributed by atoms with E-state index in [9.17, 15) is 19.2 Å². The molecule has 0 aliphatic rings. The lowest BCUT2D eigenvalue weighted by molar-refractivity contribution is -0.113. The largest absolute Gasteiger partial charge is 0.462 e. The van der Waals surface area contributed by atoms with Gasteiger partial charge in [0, 0.05) is 0 Å². The van der Waals surface area contributed by atoms with Crippen LogP contribution in [0.5, 0.6) is 0 Å². The maximum atomic E-state index is 13.8. The van der Waals surface area contributed by atoms with Gasteiger partial charge in [-0.05, 0) is 44.5 Å². The Labute approximate surface area is 160 Å². The van der Waals surface area contributed by atoms with Gasteiger partial charge < -0.3 is 10.1 Å². The number of hydrogen-bond acceptors (Lipinski definition) is 6. The second-order valence-corrected chi connectivity index (χ2v) is 6.59. The molecule has 0 saturated heterocycles. The minimum absolute atomic E-state index is 0.0623. The van der Waals surface area contributed by atoms with E-state index in [1.807, 2.05) is 6.07 Å². The second-order valence-electron chi connectivity index (χ2n) is 5.63. The first kappa shape index (κ1) is 20.4. The van der Waals surface area contributed by atoms with E-state index in [4.69, 9.17) is 4.74 Å². The summed E-state index contributed by atoms with van der Waals surface area (Å²) < 4.78 is 18.7. The summed E-state index contributed by atoms with van der Waals surface area (Å²) in [6.45, 7) is 5.28. The van der Waals surface area contributed by atoms with Crippen LogP contribution >= 0.6 is 11.8 Å². The van der Waals surface area contributed by atoms with Crippen LogP contribution in [0.3, 0.4) is 0 Å². The highest BCUT2D eigenvalue weighted by atomic mass is 32.2. The van der Waals surface area contributed by atoms with Gasteiger partial charge in [0.15, 0.2) is 0 Å². The molecular formula is C19H18FN3O3S. The third kappa shape index (κ3) is 5.28. The molecule has 0 atom stereocenters. The molecule has 8 heteroatoms. The van der Waals surface area contributed by atoms with Gasteiger partial charge in [-0.3, -0.25) is 4.79 Å². The molecule has 0 bridgehead atoms. The van der Waals surface area contributed by atoms with Crippen LogP contribution in [-0.2, 0) is 9.53 Å². The van der Waals surface area contributed by atoms with Crippen molar-refractivity contribution in [3.63, 3.8) is 0 Å². The number of hydrogen-bond donors (Lipinski definition) is 1. The van der Waals surface area contributed by atoms with Crippen molar-refractivity contribution < 1.29 is 18.7 Å². The number of benzene rings is 1. The highest BCUT2D eigenvalue weighted by Gasteiger charge is 2.17. The highest BCUT2D eigenvalue weighted by Crippen LogP contribution is 2.24. The van der Waals surface area contributed by atoms with Crippen molar-refractivity contribution in [2.75, 3.05) is 17.7 Å². The topological polar surface area (TPSA) is 92.1 Å². The zero-order valence-corrected chi connectivity index (χ0v) is 15.9. The van der Waals surface area contributed by atoms with Gasteiger partial charge in [-0.15, -0.1) is 0 Å². The fourth-order valence-electron chi connectivity index (χ4n) is 2.23. The lowest BCUT2D eigenvalue weighted by atomic mass is 10.1. The van der Waals surface area contributed by atoms with E-state index >= 15 is 0 Å². The minimum Gasteiger partial charge on any atom is -0.462 e. The van der Waals surface area contributed by atoms with Crippen molar-refractivity contribution in [3.8, 4) is 6.07 Å². The Balaban J connectivity index is 2.10. The number of thioether (sulfide) groups is 1. The Hall–Kier alpha value is -2.92. The van der Waals surface area contributed by atoms with Gasteiger partial charge >= 0.3 is 5.97 Å². The van der Waals surface area contributed by atoms with Gasteiger partial charge in [-0.25, -0.2) is 14.2 Å². The number of carbonyl (C=O) groups is 2. The molecule has 0 fully saturated rings. The monoisotopic (exact) mass is 387 g/mol. The molecule has 0 spiro atoms. The summed E-state index contributed by atoms with van der Waals surface area (Å²) in [4.78, 5) is 28.2. The molecule has 2 aromatic rings. The molecule has 0 aliphatic heterocycles. The number of amides is 1. The smallest absolute Gasteiger partial charge is 0.340 e. The molecule has 1 heterocycles. The molecule has 1 N–H and O–H groups in total. The maximum absolute atomic E-state index is 13.8. The molecule has 6 nitrogen and oxygen atoms in total. The number of anilines is 1. The maximum Gasteiger partial charge on any atom is 0.340 e. The number of carbonyl (C=O) groups excluding carboxylic acids is 2. The first-order valence-corrected chi connectivity index (χ1v) is 9.12. The number of pyridine rings is 1. The molecule has 140 valence electrons. The van der Waals surface area contributed by atoms with E-state index < -0.39 is 17.7 Å². The van der Waals surface area contributed by atoms with E-state index in [-0.39, 0.29) is 29.2 Å². The van der Waals surface area contributed by atoms with Crippen LogP contribution in [0.1, 0.15) is 34.1 Å². The Morgan fingerprint density at radius 1 is 1.33 bits per heavy atom. The molecule has 27 heavy (non-hydrogen) atoms. The molecule has 2 rings (SSSR count). The number of ether oxygens (including phenoxy) is 1. The lowest BCUT2D eigenvalue weighted by Gasteiger charge is -2.10. The predicted octanol–water partition coefficient (Wildman–Crippen LogP) is 3.62. The van der Waals surface area contributed by atoms with Crippen LogP contribution in [0.15, 0.2) is 29.3 Å². The highest BCUT2D eigenvalue weighted by molar-refractivity contribution is 8.00. The van der Waals surface area contributed by atoms with Gasteiger partial charge in [-0.2, -0.15) is 5.26 Å². The molecule has 0 unspecified atom stereocenters. The van der Waals surface area contributed by atoms with E-state index in [1.54, 1.807) is 26.8 Å². The number of nitriles is 1. The number of aryl methyl sites for hydroxylation is 2. The van der Waals surface area contributed by atoms with E-state index in [1.165, 1.54) is 18.2 Å². The number of rotatable bonds is 6. The average molecular weight is 387 g/mol. The van der Waals surface area contributed by atoms with Crippen molar-refractivity contribution in [1.29, 1.82) is 5.26 Å². The molecule has 1 aromatic heterocycles. The Bertz CT molecular complexity index is 925. The fraction of sp³-hybridized carbons (Fsp3) is 0.263. The van der Waals surface area contributed by atoms with Gasteiger partial charge in [0.05, 0.1) is 34.9 Å². The second kappa shape index (κ2) is 9.14. The van der Waals surface area contributed by atoms with E-state index in [0.717, 1.165) is 17.3 Å².